The van der Waals surface area contributed by atoms with E-state index in [9.17, 15) is 4.39 Å². The summed E-state index contributed by atoms with van der Waals surface area (Å²) < 4.78 is 16.1. The Balaban J connectivity index is 2.62. The van der Waals surface area contributed by atoms with E-state index in [1.54, 1.807) is 23.0 Å². The lowest BCUT2D eigenvalue weighted by atomic mass is 10.0. The number of halogens is 3. The Kier molecular flexibility index (Phi) is 5.25. The van der Waals surface area contributed by atoms with Crippen LogP contribution in [0.1, 0.15) is 44.1 Å². The monoisotopic (exact) mass is 329 g/mol. The average Bonchev–Trinajstić information content (AvgIpc) is 2.79. The molecule has 1 atom stereocenters. The minimum absolute atomic E-state index is 0.110. The minimum atomic E-state index is -0.443. The maximum absolute atomic E-state index is 14.3. The molecule has 0 aliphatic rings. The van der Waals surface area contributed by atoms with Gasteiger partial charge in [-0.2, -0.15) is 5.10 Å². The summed E-state index contributed by atoms with van der Waals surface area (Å²) in [6.45, 7) is 6.60. The molecule has 1 heterocycles. The summed E-state index contributed by atoms with van der Waals surface area (Å²) in [6.07, 6.45) is 1.58. The molecule has 1 N–H and O–H groups in total. The van der Waals surface area contributed by atoms with Crippen LogP contribution in [0.2, 0.25) is 10.0 Å². The third-order valence-corrected chi connectivity index (χ3v) is 3.87. The molecule has 0 saturated carbocycles. The molecule has 0 amide bonds. The van der Waals surface area contributed by atoms with Crippen LogP contribution in [0.4, 0.5) is 4.39 Å². The van der Waals surface area contributed by atoms with E-state index < -0.39 is 6.04 Å². The van der Waals surface area contributed by atoms with Crippen LogP contribution in [0.3, 0.4) is 0 Å². The zero-order valence-corrected chi connectivity index (χ0v) is 13.7. The first-order valence-electron chi connectivity index (χ1n) is 6.87. The SMILES string of the molecule is CCNC(c1c(F)cccc1Cl)c1c(Cl)cnn1C(C)C. The van der Waals surface area contributed by atoms with E-state index in [-0.39, 0.29) is 11.9 Å². The van der Waals surface area contributed by atoms with Crippen molar-refractivity contribution in [1.82, 2.24) is 15.1 Å². The van der Waals surface area contributed by atoms with Crippen molar-refractivity contribution < 1.29 is 4.39 Å². The fraction of sp³-hybridized carbons (Fsp3) is 0.400. The third-order valence-electron chi connectivity index (χ3n) is 3.25. The third kappa shape index (κ3) is 3.23. The van der Waals surface area contributed by atoms with E-state index >= 15 is 0 Å². The average molecular weight is 330 g/mol. The zero-order valence-electron chi connectivity index (χ0n) is 12.2. The van der Waals surface area contributed by atoms with Crippen molar-refractivity contribution in [1.29, 1.82) is 0 Å². The molecular weight excluding hydrogens is 312 g/mol. The Bertz CT molecular complexity index is 605. The first-order valence-corrected chi connectivity index (χ1v) is 7.63. The Morgan fingerprint density at radius 3 is 2.57 bits per heavy atom. The molecular formula is C15H18Cl2FN3. The maximum Gasteiger partial charge on any atom is 0.129 e. The van der Waals surface area contributed by atoms with Crippen LogP contribution in [0, 0.1) is 5.82 Å². The van der Waals surface area contributed by atoms with Crippen LogP contribution in [0.25, 0.3) is 0 Å². The molecule has 21 heavy (non-hydrogen) atoms. The number of rotatable bonds is 5. The molecule has 2 aromatic rings. The van der Waals surface area contributed by atoms with E-state index in [4.69, 9.17) is 23.2 Å². The fourth-order valence-electron chi connectivity index (χ4n) is 2.36. The number of nitrogens with zero attached hydrogens (tertiary/aromatic N) is 2. The summed E-state index contributed by atoms with van der Waals surface area (Å²) in [5.41, 5.74) is 1.12. The fourth-order valence-corrected chi connectivity index (χ4v) is 2.87. The molecule has 0 saturated heterocycles. The van der Waals surface area contributed by atoms with Gasteiger partial charge in [-0.15, -0.1) is 0 Å². The second-order valence-electron chi connectivity index (χ2n) is 5.04. The van der Waals surface area contributed by atoms with Crippen LogP contribution in [0.15, 0.2) is 24.4 Å². The molecule has 0 aliphatic carbocycles. The summed E-state index contributed by atoms with van der Waals surface area (Å²) >= 11 is 12.5. The Morgan fingerprint density at radius 1 is 1.29 bits per heavy atom. The number of hydrogen-bond acceptors (Lipinski definition) is 2. The highest BCUT2D eigenvalue weighted by atomic mass is 35.5. The number of nitrogens with one attached hydrogen (secondary N) is 1. The van der Waals surface area contributed by atoms with Crippen molar-refractivity contribution in [3.05, 3.63) is 51.5 Å². The predicted octanol–water partition coefficient (Wildman–Crippen LogP) is 4.61. The molecule has 1 aromatic carbocycles. The molecule has 1 aromatic heterocycles. The normalized spacial score (nSPS) is 12.9. The smallest absolute Gasteiger partial charge is 0.129 e. The lowest BCUT2D eigenvalue weighted by molar-refractivity contribution is 0.467. The number of aromatic nitrogens is 2. The van der Waals surface area contributed by atoms with Crippen LogP contribution < -0.4 is 5.32 Å². The van der Waals surface area contributed by atoms with E-state index in [1.165, 1.54) is 6.07 Å². The number of benzene rings is 1. The highest BCUT2D eigenvalue weighted by Gasteiger charge is 2.26. The van der Waals surface area contributed by atoms with E-state index in [2.05, 4.69) is 10.4 Å². The highest BCUT2D eigenvalue weighted by molar-refractivity contribution is 6.32. The summed E-state index contributed by atoms with van der Waals surface area (Å²) in [6, 6.07) is 4.33. The van der Waals surface area contributed by atoms with Crippen molar-refractivity contribution in [3.8, 4) is 0 Å². The van der Waals surface area contributed by atoms with Gasteiger partial charge >= 0.3 is 0 Å². The second kappa shape index (κ2) is 6.77. The summed E-state index contributed by atoms with van der Waals surface area (Å²) in [7, 11) is 0. The van der Waals surface area contributed by atoms with Crippen molar-refractivity contribution >= 4 is 23.2 Å². The lowest BCUT2D eigenvalue weighted by Crippen LogP contribution is -2.27. The van der Waals surface area contributed by atoms with Gasteiger partial charge in [0.1, 0.15) is 5.82 Å². The molecule has 0 bridgehead atoms. The van der Waals surface area contributed by atoms with Crippen LogP contribution >= 0.6 is 23.2 Å². The Hall–Kier alpha value is -1.10. The van der Waals surface area contributed by atoms with Gasteiger partial charge in [0.25, 0.3) is 0 Å². The van der Waals surface area contributed by atoms with Crippen molar-refractivity contribution in [2.75, 3.05) is 6.54 Å². The van der Waals surface area contributed by atoms with E-state index in [0.29, 0.717) is 22.2 Å². The van der Waals surface area contributed by atoms with Crippen LogP contribution in [-0.2, 0) is 0 Å². The van der Waals surface area contributed by atoms with Gasteiger partial charge in [0.2, 0.25) is 0 Å². The Morgan fingerprint density at radius 2 is 2.00 bits per heavy atom. The van der Waals surface area contributed by atoms with Gasteiger partial charge in [0, 0.05) is 16.6 Å². The molecule has 6 heteroatoms. The summed E-state index contributed by atoms with van der Waals surface area (Å²) in [5.74, 6) is -0.360. The van der Waals surface area contributed by atoms with Crippen LogP contribution in [-0.4, -0.2) is 16.3 Å². The van der Waals surface area contributed by atoms with Gasteiger partial charge in [0.05, 0.1) is 23.0 Å². The van der Waals surface area contributed by atoms with E-state index in [0.717, 1.165) is 5.69 Å². The minimum Gasteiger partial charge on any atom is -0.305 e. The molecule has 2 rings (SSSR count). The zero-order chi connectivity index (χ0) is 15.6. The van der Waals surface area contributed by atoms with Gasteiger partial charge in [-0.3, -0.25) is 4.68 Å². The van der Waals surface area contributed by atoms with Gasteiger partial charge in [-0.1, -0.05) is 36.2 Å². The molecule has 0 fully saturated rings. The molecule has 0 aliphatic heterocycles. The van der Waals surface area contributed by atoms with Gasteiger partial charge in [0.15, 0.2) is 0 Å². The molecule has 0 radical (unpaired) electrons. The van der Waals surface area contributed by atoms with Gasteiger partial charge in [-0.05, 0) is 32.5 Å². The standard InChI is InChI=1S/C15H18Cl2FN3/c1-4-19-14(13-10(16)6-5-7-12(13)18)15-11(17)8-20-21(15)9(2)3/h5-9,14,19H,4H2,1-3H3. The summed E-state index contributed by atoms with van der Waals surface area (Å²) in [4.78, 5) is 0. The number of hydrogen-bond donors (Lipinski definition) is 1. The van der Waals surface area contributed by atoms with Crippen molar-refractivity contribution in [2.45, 2.75) is 32.9 Å². The van der Waals surface area contributed by atoms with Gasteiger partial charge < -0.3 is 5.32 Å². The summed E-state index contributed by atoms with van der Waals surface area (Å²) in [5, 5.41) is 8.40. The molecule has 114 valence electrons. The maximum atomic E-state index is 14.3. The van der Waals surface area contributed by atoms with Crippen molar-refractivity contribution in [3.63, 3.8) is 0 Å². The lowest BCUT2D eigenvalue weighted by Gasteiger charge is -2.23. The predicted molar refractivity (Wildman–Crippen MR) is 84.6 cm³/mol. The largest absolute Gasteiger partial charge is 0.305 e. The quantitative estimate of drug-likeness (QED) is 0.868. The van der Waals surface area contributed by atoms with E-state index in [1.807, 2.05) is 20.8 Å². The van der Waals surface area contributed by atoms with Gasteiger partial charge in [-0.25, -0.2) is 4.39 Å². The van der Waals surface area contributed by atoms with Crippen molar-refractivity contribution in [2.24, 2.45) is 0 Å². The Labute approximate surface area is 134 Å². The second-order valence-corrected chi connectivity index (χ2v) is 5.86. The first-order chi connectivity index (χ1) is 9.97. The first kappa shape index (κ1) is 16.3. The molecule has 0 spiro atoms. The van der Waals surface area contributed by atoms with Crippen LogP contribution in [0.5, 0.6) is 0 Å². The highest BCUT2D eigenvalue weighted by Crippen LogP contribution is 2.35. The topological polar surface area (TPSA) is 29.9 Å². The molecule has 1 unspecified atom stereocenters. The molecule has 3 nitrogen and oxygen atoms in total.